The van der Waals surface area contributed by atoms with Crippen molar-refractivity contribution < 1.29 is 0 Å². The summed E-state index contributed by atoms with van der Waals surface area (Å²) in [6.07, 6.45) is 0. The second-order valence-electron chi connectivity index (χ2n) is 33.8. The van der Waals surface area contributed by atoms with E-state index in [0.717, 1.165) is 34.1 Å². The zero-order valence-electron chi connectivity index (χ0n) is 70.3. The third-order valence-electron chi connectivity index (χ3n) is 25.9. The third-order valence-corrected chi connectivity index (χ3v) is 25.9. The van der Waals surface area contributed by atoms with Gasteiger partial charge in [-0.2, -0.15) is 0 Å². The fraction of sp³-hybridized carbons (Fsp3) is 0.0407. The number of rotatable bonds is 14. The van der Waals surface area contributed by atoms with Gasteiger partial charge >= 0.3 is 0 Å². The average molecular weight is 1590 g/mol. The van der Waals surface area contributed by atoms with Gasteiger partial charge in [-0.05, 0) is 303 Å². The quantitative estimate of drug-likeness (QED) is 0.100. The van der Waals surface area contributed by atoms with Crippen molar-refractivity contribution in [2.75, 3.05) is 9.80 Å². The van der Waals surface area contributed by atoms with Crippen molar-refractivity contribution >= 4 is 110 Å². The molecule has 23 rings (SSSR count). The molecule has 0 N–H and O–H groups in total. The fourth-order valence-corrected chi connectivity index (χ4v) is 20.1. The number of fused-ring (bicyclic) bond motifs is 16. The smallest absolute Gasteiger partial charge is 0.0468 e. The highest BCUT2D eigenvalue weighted by atomic mass is 15.1. The maximum Gasteiger partial charge on any atom is 0.0468 e. The van der Waals surface area contributed by atoms with Crippen molar-refractivity contribution in [3.8, 4) is 100 Å². The lowest BCUT2D eigenvalue weighted by Crippen LogP contribution is -2.14. The first-order chi connectivity index (χ1) is 61.6. The molecular weight excluding hydrogens is 1510 g/mol. The summed E-state index contributed by atoms with van der Waals surface area (Å²) in [5.74, 6) is 0. The predicted molar refractivity (Wildman–Crippen MR) is 535 cm³/mol. The molecule has 0 unspecified atom stereocenters. The van der Waals surface area contributed by atoms with Crippen LogP contribution in [0, 0.1) is 13.8 Å². The SMILES string of the molecule is Cc1cccc(N(c2ccc(-c3ccc4c(c3)C(C)(C)c3ccccc3-4)cc2)c2ccc3c(c2)c2ccccc2c2c(-c4ccccc4)cc(-c4ccccc4)c(-c4ccccc4)c32)c1.Cc1cccc(N(c2ccc(-c3cccc4ccccc34)cc2)c2ccc3c(c2)c2ccccc2c2c(-c4ccccc4)cc(-c4ccccc4)c(-c4ccccc4)c32)c1. The first kappa shape index (κ1) is 75.5. The second-order valence-corrected chi connectivity index (χ2v) is 33.8. The second kappa shape index (κ2) is 31.7. The maximum atomic E-state index is 2.44. The van der Waals surface area contributed by atoms with Crippen LogP contribution >= 0.6 is 0 Å². The van der Waals surface area contributed by atoms with Gasteiger partial charge in [0.1, 0.15) is 0 Å². The molecule has 590 valence electrons. The molecule has 0 atom stereocenters. The molecule has 0 heterocycles. The lowest BCUT2D eigenvalue weighted by Gasteiger charge is -2.27. The summed E-state index contributed by atoms with van der Waals surface area (Å²) in [7, 11) is 0. The van der Waals surface area contributed by atoms with Crippen LogP contribution in [0.4, 0.5) is 34.1 Å². The van der Waals surface area contributed by atoms with Gasteiger partial charge < -0.3 is 9.80 Å². The molecule has 0 aromatic heterocycles. The Morgan fingerprint density at radius 1 is 0.168 bits per heavy atom. The number of benzene rings is 22. The zero-order valence-corrected chi connectivity index (χ0v) is 70.3. The Morgan fingerprint density at radius 3 is 0.960 bits per heavy atom. The van der Waals surface area contributed by atoms with Gasteiger partial charge in [0.15, 0.2) is 0 Å². The van der Waals surface area contributed by atoms with Crippen LogP contribution in [0.1, 0.15) is 36.1 Å². The van der Waals surface area contributed by atoms with Crippen LogP contribution in [0.3, 0.4) is 0 Å². The highest BCUT2D eigenvalue weighted by Gasteiger charge is 2.36. The molecule has 0 saturated carbocycles. The van der Waals surface area contributed by atoms with Gasteiger partial charge in [0.2, 0.25) is 0 Å². The van der Waals surface area contributed by atoms with Crippen LogP contribution in [-0.2, 0) is 5.41 Å². The van der Waals surface area contributed by atoms with Gasteiger partial charge in [0, 0.05) is 39.5 Å². The molecule has 2 nitrogen and oxygen atoms in total. The van der Waals surface area contributed by atoms with Crippen molar-refractivity contribution in [1.29, 1.82) is 0 Å². The van der Waals surface area contributed by atoms with E-state index in [1.54, 1.807) is 0 Å². The van der Waals surface area contributed by atoms with Gasteiger partial charge in [-0.1, -0.05) is 384 Å². The first-order valence-corrected chi connectivity index (χ1v) is 43.5. The first-order valence-electron chi connectivity index (χ1n) is 43.5. The molecule has 1 aliphatic carbocycles. The molecule has 22 aromatic carbocycles. The molecule has 0 radical (unpaired) electrons. The summed E-state index contributed by atoms with van der Waals surface area (Å²) >= 11 is 0. The molecule has 1 aliphatic rings. The highest BCUT2D eigenvalue weighted by molar-refractivity contribution is 6.35. The number of anilines is 6. The summed E-state index contributed by atoms with van der Waals surface area (Å²) in [5.41, 5.74) is 34.1. The Balaban J connectivity index is 0.000000149. The van der Waals surface area contributed by atoms with E-state index in [4.69, 9.17) is 0 Å². The summed E-state index contributed by atoms with van der Waals surface area (Å²) in [6, 6.07) is 170. The largest absolute Gasteiger partial charge is 0.310 e. The Kier molecular flexibility index (Phi) is 19.1. The minimum atomic E-state index is -0.0521. The number of hydrogen-bond acceptors (Lipinski definition) is 2. The fourth-order valence-electron chi connectivity index (χ4n) is 20.1. The summed E-state index contributed by atoms with van der Waals surface area (Å²) < 4.78 is 0. The molecule has 0 amide bonds. The van der Waals surface area contributed by atoms with Crippen LogP contribution in [0.15, 0.2) is 461 Å². The Morgan fingerprint density at radius 2 is 0.496 bits per heavy atom. The van der Waals surface area contributed by atoms with Crippen LogP contribution in [-0.4, -0.2) is 0 Å². The topological polar surface area (TPSA) is 6.48 Å². The molecule has 0 spiro atoms. The van der Waals surface area contributed by atoms with Crippen molar-refractivity contribution in [1.82, 2.24) is 0 Å². The monoisotopic (exact) mass is 1590 g/mol. The maximum absolute atomic E-state index is 2.44. The van der Waals surface area contributed by atoms with Gasteiger partial charge in [0.25, 0.3) is 0 Å². The lowest BCUT2D eigenvalue weighted by atomic mass is 9.81. The molecular formula is C123H88N2. The van der Waals surface area contributed by atoms with E-state index in [1.165, 1.54) is 198 Å². The van der Waals surface area contributed by atoms with Crippen LogP contribution in [0.2, 0.25) is 0 Å². The predicted octanol–water partition coefficient (Wildman–Crippen LogP) is 34.6. The standard InChI is InChI=1S/C64H47N.C59H41N/c1-42-18-17-25-49(38-42)65(48-33-30-43(31-34-48)47-32-36-53-52-27-15-16-29-59(52)64(2,3)60(53)39-47)50-35-37-55-58(40-50)51-26-13-14-28-54(51)62-57(45-21-9-5-10-22-45)41-56(44-19-7-4-8-20-44)61(63(55)62)46-23-11-6-12-24-46;1-40-17-15-26-47(37-40)60(46-33-31-44(32-34-46)50-30-16-25-41-22-11-12-27-49(41)50)48-35-36-53-56(38-48)51-28-13-14-29-52(51)58-55(43-20-7-3-8-21-43)39-54(42-18-5-2-6-19-42)57(59(53)58)45-23-9-4-10-24-45/h4-41H,1-3H3;2-39H,1H3. The van der Waals surface area contributed by atoms with E-state index in [1.807, 2.05) is 0 Å². The van der Waals surface area contributed by atoms with E-state index in [0.29, 0.717) is 0 Å². The summed E-state index contributed by atoms with van der Waals surface area (Å²) in [5, 5.41) is 17.5. The molecule has 2 heteroatoms. The van der Waals surface area contributed by atoms with E-state index in [2.05, 4.69) is 499 Å². The number of hydrogen-bond donors (Lipinski definition) is 0. The lowest BCUT2D eigenvalue weighted by molar-refractivity contribution is 0.660. The summed E-state index contributed by atoms with van der Waals surface area (Å²) in [6.45, 7) is 9.06. The van der Waals surface area contributed by atoms with Crippen molar-refractivity contribution in [3.05, 3.63) is 483 Å². The van der Waals surface area contributed by atoms with Gasteiger partial charge in [0.05, 0.1) is 0 Å². The molecule has 125 heavy (non-hydrogen) atoms. The zero-order chi connectivity index (χ0) is 83.6. The minimum absolute atomic E-state index is 0.0521. The van der Waals surface area contributed by atoms with Crippen molar-refractivity contribution in [3.63, 3.8) is 0 Å². The van der Waals surface area contributed by atoms with Crippen LogP contribution in [0.25, 0.3) is 176 Å². The Hall–Kier alpha value is -15.7. The summed E-state index contributed by atoms with van der Waals surface area (Å²) in [4.78, 5) is 4.83. The number of aryl methyl sites for hydroxylation is 2. The molecule has 0 aliphatic heterocycles. The average Bonchev–Trinajstić information content (AvgIpc) is 1.52. The normalized spacial score (nSPS) is 12.1. The minimum Gasteiger partial charge on any atom is -0.310 e. The van der Waals surface area contributed by atoms with E-state index < -0.39 is 0 Å². The highest BCUT2D eigenvalue weighted by Crippen LogP contribution is 2.55. The van der Waals surface area contributed by atoms with Crippen molar-refractivity contribution in [2.24, 2.45) is 0 Å². The Labute approximate surface area is 730 Å². The van der Waals surface area contributed by atoms with Crippen LogP contribution < -0.4 is 9.80 Å². The van der Waals surface area contributed by atoms with Gasteiger partial charge in [-0.25, -0.2) is 0 Å². The van der Waals surface area contributed by atoms with Gasteiger partial charge in [-0.3, -0.25) is 0 Å². The molecule has 0 saturated heterocycles. The van der Waals surface area contributed by atoms with E-state index >= 15 is 0 Å². The Bertz CT molecular complexity index is 7890. The molecule has 0 fully saturated rings. The molecule has 0 bridgehead atoms. The molecule has 22 aromatic rings. The van der Waals surface area contributed by atoms with Crippen LogP contribution in [0.5, 0.6) is 0 Å². The van der Waals surface area contributed by atoms with E-state index in [-0.39, 0.29) is 5.41 Å². The van der Waals surface area contributed by atoms with Gasteiger partial charge in [-0.15, -0.1) is 0 Å². The number of nitrogens with zero attached hydrogens (tertiary/aromatic N) is 2. The third kappa shape index (κ3) is 13.5. The van der Waals surface area contributed by atoms with Crippen molar-refractivity contribution in [2.45, 2.75) is 33.1 Å². The van der Waals surface area contributed by atoms with E-state index in [9.17, 15) is 0 Å².